The highest BCUT2D eigenvalue weighted by Crippen LogP contribution is 2.44. The highest BCUT2D eigenvalue weighted by atomic mass is 16.6. The summed E-state index contributed by atoms with van der Waals surface area (Å²) in [6.07, 6.45) is 4.53. The van der Waals surface area contributed by atoms with Crippen LogP contribution in [0.25, 0.3) is 0 Å². The summed E-state index contributed by atoms with van der Waals surface area (Å²) in [6.45, 7) is 0. The first-order chi connectivity index (χ1) is 10.1. The lowest BCUT2D eigenvalue weighted by atomic mass is 10.1. The number of hydrazine groups is 1. The zero-order valence-corrected chi connectivity index (χ0v) is 11.5. The number of rotatable bonds is 6. The molecule has 0 radical (unpaired) electrons. The molecule has 3 rings (SSSR count). The summed E-state index contributed by atoms with van der Waals surface area (Å²) in [7, 11) is 0. The largest absolute Gasteiger partial charge is 0.349 e. The van der Waals surface area contributed by atoms with Crippen LogP contribution in [0.2, 0.25) is 0 Å². The Morgan fingerprint density at radius 2 is 1.90 bits per heavy atom. The van der Waals surface area contributed by atoms with Crippen LogP contribution in [0, 0.1) is 22.0 Å². The molecule has 2 aliphatic carbocycles. The van der Waals surface area contributed by atoms with Crippen molar-refractivity contribution in [3.8, 4) is 0 Å². The van der Waals surface area contributed by atoms with Gasteiger partial charge >= 0.3 is 0 Å². The van der Waals surface area contributed by atoms with Crippen LogP contribution >= 0.6 is 0 Å². The van der Waals surface area contributed by atoms with Gasteiger partial charge in [0.25, 0.3) is 11.6 Å². The van der Waals surface area contributed by atoms with Crippen molar-refractivity contribution in [2.75, 3.05) is 5.43 Å². The van der Waals surface area contributed by atoms with Crippen molar-refractivity contribution in [2.24, 2.45) is 17.7 Å². The molecule has 0 bridgehead atoms. The predicted octanol–water partition coefficient (Wildman–Crippen LogP) is 1.80. The summed E-state index contributed by atoms with van der Waals surface area (Å²) in [4.78, 5) is 23.0. The van der Waals surface area contributed by atoms with Crippen molar-refractivity contribution >= 4 is 17.3 Å². The van der Waals surface area contributed by atoms with Crippen LogP contribution in [0.1, 0.15) is 36.0 Å². The number of hydrogen-bond donors (Lipinski definition) is 3. The van der Waals surface area contributed by atoms with E-state index in [0.29, 0.717) is 17.5 Å². The van der Waals surface area contributed by atoms with E-state index >= 15 is 0 Å². The molecule has 2 aliphatic rings. The topological polar surface area (TPSA) is 110 Å². The molecule has 0 aliphatic heterocycles. The Labute approximate surface area is 122 Å². The highest BCUT2D eigenvalue weighted by Gasteiger charge is 2.42. The fourth-order valence-electron chi connectivity index (χ4n) is 2.73. The van der Waals surface area contributed by atoms with Gasteiger partial charge in [-0.25, -0.2) is 0 Å². The number of nitrogens with zero attached hydrogens (tertiary/aromatic N) is 1. The molecule has 7 nitrogen and oxygen atoms in total. The van der Waals surface area contributed by atoms with Gasteiger partial charge in [-0.3, -0.25) is 20.8 Å². The molecule has 4 N–H and O–H groups in total. The van der Waals surface area contributed by atoms with E-state index in [9.17, 15) is 14.9 Å². The van der Waals surface area contributed by atoms with E-state index in [-0.39, 0.29) is 23.2 Å². The third kappa shape index (κ3) is 2.97. The van der Waals surface area contributed by atoms with Crippen molar-refractivity contribution in [3.05, 3.63) is 33.9 Å². The Kier molecular flexibility index (Phi) is 3.50. The molecule has 2 saturated carbocycles. The number of carbonyl (C=O) groups is 1. The first kappa shape index (κ1) is 13.8. The summed E-state index contributed by atoms with van der Waals surface area (Å²) in [5.74, 6) is 6.00. The Morgan fingerprint density at radius 3 is 2.38 bits per heavy atom. The number of hydrogen-bond acceptors (Lipinski definition) is 5. The lowest BCUT2D eigenvalue weighted by molar-refractivity contribution is -0.385. The van der Waals surface area contributed by atoms with E-state index in [1.165, 1.54) is 18.2 Å². The molecule has 112 valence electrons. The number of nitrogen functional groups attached to an aromatic ring is 1. The average molecular weight is 290 g/mol. The van der Waals surface area contributed by atoms with E-state index in [0.717, 1.165) is 25.7 Å². The van der Waals surface area contributed by atoms with Gasteiger partial charge in [-0.05, 0) is 49.7 Å². The van der Waals surface area contributed by atoms with Crippen LogP contribution < -0.4 is 16.6 Å². The number of nitro groups is 1. The smallest absolute Gasteiger partial charge is 0.282 e. The average Bonchev–Trinajstić information content (AvgIpc) is 3.36. The van der Waals surface area contributed by atoms with Crippen LogP contribution in [0.4, 0.5) is 11.4 Å². The van der Waals surface area contributed by atoms with Gasteiger partial charge in [0.15, 0.2) is 0 Å². The maximum atomic E-state index is 12.4. The SMILES string of the molecule is NNc1ccc([N+](=O)[O-])c(C(=O)NC(C2CC2)C2CC2)c1. The normalized spacial score (nSPS) is 17.6. The van der Waals surface area contributed by atoms with Crippen molar-refractivity contribution in [3.63, 3.8) is 0 Å². The molecule has 0 saturated heterocycles. The molecule has 7 heteroatoms. The van der Waals surface area contributed by atoms with E-state index < -0.39 is 4.92 Å². The third-order valence-corrected chi connectivity index (χ3v) is 4.16. The maximum absolute atomic E-state index is 12.4. The molecule has 2 fully saturated rings. The predicted molar refractivity (Wildman–Crippen MR) is 77.6 cm³/mol. The lowest BCUT2D eigenvalue weighted by Gasteiger charge is -2.17. The quantitative estimate of drug-likeness (QED) is 0.420. The third-order valence-electron chi connectivity index (χ3n) is 4.16. The second-order valence-corrected chi connectivity index (χ2v) is 5.81. The van der Waals surface area contributed by atoms with Gasteiger partial charge in [0.1, 0.15) is 5.56 Å². The Balaban J connectivity index is 1.83. The molecule has 0 heterocycles. The van der Waals surface area contributed by atoms with Crippen LogP contribution in [-0.2, 0) is 0 Å². The molecule has 0 atom stereocenters. The molecular formula is C14H18N4O3. The van der Waals surface area contributed by atoms with E-state index in [1.54, 1.807) is 0 Å². The summed E-state index contributed by atoms with van der Waals surface area (Å²) in [5, 5.41) is 14.1. The molecule has 1 amide bonds. The number of nitrogens with one attached hydrogen (secondary N) is 2. The number of nitrogens with two attached hydrogens (primary N) is 1. The Morgan fingerprint density at radius 1 is 1.29 bits per heavy atom. The Hall–Kier alpha value is -2.15. The number of benzene rings is 1. The fourth-order valence-corrected chi connectivity index (χ4v) is 2.73. The van der Waals surface area contributed by atoms with Crippen LogP contribution in [0.15, 0.2) is 18.2 Å². The zero-order chi connectivity index (χ0) is 15.0. The van der Waals surface area contributed by atoms with Gasteiger partial charge in [-0.2, -0.15) is 0 Å². The summed E-state index contributed by atoms with van der Waals surface area (Å²) < 4.78 is 0. The molecule has 0 spiro atoms. The molecule has 1 aromatic rings. The van der Waals surface area contributed by atoms with E-state index in [4.69, 9.17) is 5.84 Å². The number of amides is 1. The van der Waals surface area contributed by atoms with Gasteiger partial charge in [-0.15, -0.1) is 0 Å². The van der Waals surface area contributed by atoms with Gasteiger partial charge in [0, 0.05) is 17.8 Å². The number of anilines is 1. The van der Waals surface area contributed by atoms with Crippen molar-refractivity contribution in [1.29, 1.82) is 0 Å². The maximum Gasteiger partial charge on any atom is 0.282 e. The van der Waals surface area contributed by atoms with E-state index in [1.807, 2.05) is 0 Å². The summed E-state index contributed by atoms with van der Waals surface area (Å²) in [5.41, 5.74) is 2.74. The molecule has 1 aromatic carbocycles. The van der Waals surface area contributed by atoms with Crippen LogP contribution in [-0.4, -0.2) is 16.9 Å². The lowest BCUT2D eigenvalue weighted by Crippen LogP contribution is -2.38. The number of nitro benzene ring substituents is 1. The minimum absolute atomic E-state index is 0.0572. The molecule has 21 heavy (non-hydrogen) atoms. The Bertz CT molecular complexity index is 570. The molecular weight excluding hydrogens is 272 g/mol. The molecule has 0 aromatic heterocycles. The summed E-state index contributed by atoms with van der Waals surface area (Å²) in [6, 6.07) is 4.36. The van der Waals surface area contributed by atoms with Gasteiger partial charge in [0.05, 0.1) is 4.92 Å². The highest BCUT2D eigenvalue weighted by molar-refractivity contribution is 5.99. The monoisotopic (exact) mass is 290 g/mol. The standard InChI is InChI=1S/C14H18N4O3/c15-17-10-5-6-12(18(20)21)11(7-10)14(19)16-13(8-1-2-8)9-3-4-9/h5-9,13,17H,1-4,15H2,(H,16,19). The summed E-state index contributed by atoms with van der Waals surface area (Å²) >= 11 is 0. The molecule has 0 unspecified atom stereocenters. The minimum atomic E-state index is -0.543. The van der Waals surface area contributed by atoms with Crippen LogP contribution in [0.5, 0.6) is 0 Å². The second kappa shape index (κ2) is 5.33. The van der Waals surface area contributed by atoms with Crippen molar-refractivity contribution in [2.45, 2.75) is 31.7 Å². The zero-order valence-electron chi connectivity index (χ0n) is 11.5. The van der Waals surface area contributed by atoms with Crippen molar-refractivity contribution < 1.29 is 9.72 Å². The van der Waals surface area contributed by atoms with E-state index in [2.05, 4.69) is 10.7 Å². The first-order valence-electron chi connectivity index (χ1n) is 7.16. The minimum Gasteiger partial charge on any atom is -0.349 e. The first-order valence-corrected chi connectivity index (χ1v) is 7.16. The second-order valence-electron chi connectivity index (χ2n) is 5.81. The van der Waals surface area contributed by atoms with Gasteiger partial charge in [0.2, 0.25) is 0 Å². The van der Waals surface area contributed by atoms with Gasteiger partial charge < -0.3 is 10.7 Å². The van der Waals surface area contributed by atoms with Crippen LogP contribution in [0.3, 0.4) is 0 Å². The number of carbonyl (C=O) groups excluding carboxylic acids is 1. The fraction of sp³-hybridized carbons (Fsp3) is 0.500. The van der Waals surface area contributed by atoms with Gasteiger partial charge in [-0.1, -0.05) is 0 Å². The van der Waals surface area contributed by atoms with Crippen molar-refractivity contribution in [1.82, 2.24) is 5.32 Å².